The van der Waals surface area contributed by atoms with Crippen molar-refractivity contribution in [1.29, 1.82) is 0 Å². The third-order valence-corrected chi connectivity index (χ3v) is 3.13. The molecule has 92 valence electrons. The van der Waals surface area contributed by atoms with E-state index in [1.165, 1.54) is 7.05 Å². The summed E-state index contributed by atoms with van der Waals surface area (Å²) in [6.45, 7) is -0.301. The molecule has 6 heteroatoms. The first-order valence-corrected chi connectivity index (χ1v) is 5.50. The highest BCUT2D eigenvalue weighted by atomic mass is 16.6. The average Bonchev–Trinajstić information content (AvgIpc) is 2.60. The Morgan fingerprint density at radius 3 is 2.35 bits per heavy atom. The number of carbonyl (C=O) groups is 3. The van der Waals surface area contributed by atoms with Crippen molar-refractivity contribution in [2.24, 2.45) is 11.8 Å². The third-order valence-electron chi connectivity index (χ3n) is 3.13. The number of carbonyl (C=O) groups excluding carboxylic acids is 3. The number of rotatable bonds is 2. The van der Waals surface area contributed by atoms with Gasteiger partial charge >= 0.3 is 6.09 Å². The van der Waals surface area contributed by atoms with Crippen molar-refractivity contribution in [3.05, 3.63) is 12.2 Å². The van der Waals surface area contributed by atoms with E-state index in [0.717, 1.165) is 4.90 Å². The number of fused-ring (bicyclic) bond motifs is 1. The highest BCUT2D eigenvalue weighted by Gasteiger charge is 2.47. The van der Waals surface area contributed by atoms with E-state index in [1.54, 1.807) is 0 Å². The first-order valence-electron chi connectivity index (χ1n) is 5.50. The molecule has 2 rings (SSSR count). The largest absolute Gasteiger partial charge is 0.428 e. The van der Waals surface area contributed by atoms with E-state index in [2.05, 4.69) is 5.32 Å². The van der Waals surface area contributed by atoms with E-state index in [1.807, 2.05) is 12.2 Å². The maximum atomic E-state index is 11.9. The smallest absolute Gasteiger partial charge is 0.408 e. The minimum atomic E-state index is -0.654. The van der Waals surface area contributed by atoms with Crippen LogP contribution in [0.15, 0.2) is 12.2 Å². The molecule has 17 heavy (non-hydrogen) atoms. The molecule has 2 aliphatic rings. The van der Waals surface area contributed by atoms with Gasteiger partial charge in [0.1, 0.15) is 0 Å². The molecule has 3 amide bonds. The molecule has 1 aliphatic heterocycles. The number of hydrogen-bond donors (Lipinski definition) is 1. The van der Waals surface area contributed by atoms with E-state index >= 15 is 0 Å². The molecule has 0 bridgehead atoms. The van der Waals surface area contributed by atoms with Crippen molar-refractivity contribution in [2.75, 3.05) is 13.8 Å². The van der Waals surface area contributed by atoms with Gasteiger partial charge in [-0.3, -0.25) is 9.59 Å². The SMILES string of the molecule is CNC(=O)OCN1C(=O)[C@H]2CC=CC[C@H]2C1=O. The molecule has 0 spiro atoms. The average molecular weight is 238 g/mol. The van der Waals surface area contributed by atoms with Gasteiger partial charge in [0, 0.05) is 7.05 Å². The molecule has 1 heterocycles. The van der Waals surface area contributed by atoms with E-state index in [9.17, 15) is 14.4 Å². The van der Waals surface area contributed by atoms with Gasteiger partial charge in [-0.15, -0.1) is 0 Å². The third kappa shape index (κ3) is 2.02. The van der Waals surface area contributed by atoms with Crippen LogP contribution in [-0.2, 0) is 14.3 Å². The molecule has 1 aliphatic carbocycles. The summed E-state index contributed by atoms with van der Waals surface area (Å²) in [5.74, 6) is -1.04. The zero-order valence-electron chi connectivity index (χ0n) is 9.51. The number of ether oxygens (including phenoxy) is 1. The van der Waals surface area contributed by atoms with E-state index in [-0.39, 0.29) is 30.4 Å². The second-order valence-corrected chi connectivity index (χ2v) is 4.07. The molecule has 1 N–H and O–H groups in total. The summed E-state index contributed by atoms with van der Waals surface area (Å²) in [5.41, 5.74) is 0. The fourth-order valence-corrected chi connectivity index (χ4v) is 2.19. The number of nitrogens with one attached hydrogen (secondary N) is 1. The molecular weight excluding hydrogens is 224 g/mol. The summed E-state index contributed by atoms with van der Waals surface area (Å²) in [6, 6.07) is 0. The van der Waals surface area contributed by atoms with Gasteiger partial charge in [0.2, 0.25) is 11.8 Å². The van der Waals surface area contributed by atoms with Gasteiger partial charge in [0.25, 0.3) is 0 Å². The van der Waals surface area contributed by atoms with Gasteiger partial charge in [-0.2, -0.15) is 0 Å². The van der Waals surface area contributed by atoms with Crippen molar-refractivity contribution in [3.8, 4) is 0 Å². The lowest BCUT2D eigenvalue weighted by molar-refractivity contribution is -0.144. The maximum absolute atomic E-state index is 11.9. The van der Waals surface area contributed by atoms with Crippen LogP contribution in [0.25, 0.3) is 0 Å². The second-order valence-electron chi connectivity index (χ2n) is 4.07. The first kappa shape index (κ1) is 11.6. The molecule has 0 aromatic carbocycles. The minimum Gasteiger partial charge on any atom is -0.428 e. The van der Waals surface area contributed by atoms with Gasteiger partial charge in [-0.05, 0) is 12.8 Å². The topological polar surface area (TPSA) is 75.7 Å². The minimum absolute atomic E-state index is 0.242. The van der Waals surface area contributed by atoms with Crippen LogP contribution in [0, 0.1) is 11.8 Å². The van der Waals surface area contributed by atoms with E-state index in [0.29, 0.717) is 12.8 Å². The molecule has 2 atom stereocenters. The quantitative estimate of drug-likeness (QED) is 0.552. The Morgan fingerprint density at radius 1 is 1.35 bits per heavy atom. The van der Waals surface area contributed by atoms with Crippen LogP contribution < -0.4 is 5.32 Å². The van der Waals surface area contributed by atoms with Gasteiger partial charge in [-0.25, -0.2) is 9.69 Å². The highest BCUT2D eigenvalue weighted by Crippen LogP contribution is 2.34. The number of allylic oxidation sites excluding steroid dienone is 2. The number of hydrogen-bond acceptors (Lipinski definition) is 4. The van der Waals surface area contributed by atoms with Gasteiger partial charge in [-0.1, -0.05) is 12.2 Å². The lowest BCUT2D eigenvalue weighted by atomic mass is 9.85. The predicted molar refractivity (Wildman–Crippen MR) is 57.6 cm³/mol. The van der Waals surface area contributed by atoms with Crippen LogP contribution >= 0.6 is 0 Å². The van der Waals surface area contributed by atoms with Crippen molar-refractivity contribution >= 4 is 17.9 Å². The summed E-state index contributed by atoms with van der Waals surface area (Å²) in [5, 5.41) is 2.26. The summed E-state index contributed by atoms with van der Waals surface area (Å²) in [6.07, 6.45) is 4.35. The van der Waals surface area contributed by atoms with E-state index < -0.39 is 6.09 Å². The summed E-state index contributed by atoms with van der Waals surface area (Å²) < 4.78 is 4.74. The van der Waals surface area contributed by atoms with Crippen LogP contribution in [0.3, 0.4) is 0 Å². The molecule has 0 radical (unpaired) electrons. The summed E-state index contributed by atoms with van der Waals surface area (Å²) in [4.78, 5) is 35.7. The first-order chi connectivity index (χ1) is 8.15. The number of alkyl carbamates (subject to hydrolysis) is 1. The fraction of sp³-hybridized carbons (Fsp3) is 0.545. The molecule has 0 aromatic rings. The second kappa shape index (κ2) is 4.57. The molecule has 0 saturated carbocycles. The summed E-state index contributed by atoms with van der Waals surface area (Å²) in [7, 11) is 1.42. The van der Waals surface area contributed by atoms with Crippen LogP contribution in [0.4, 0.5) is 4.79 Å². The molecule has 1 saturated heterocycles. The van der Waals surface area contributed by atoms with Crippen LogP contribution in [0.1, 0.15) is 12.8 Å². The standard InChI is InChI=1S/C11H14N2O4/c1-12-11(16)17-6-13-9(14)7-4-2-3-5-8(7)10(13)15/h2-3,7-8H,4-6H2,1H3,(H,12,16)/t7-,8+. The van der Waals surface area contributed by atoms with Crippen molar-refractivity contribution < 1.29 is 19.1 Å². The Labute approximate surface area is 98.6 Å². The normalized spacial score (nSPS) is 27.0. The van der Waals surface area contributed by atoms with Gasteiger partial charge in [0.05, 0.1) is 11.8 Å². The molecule has 0 unspecified atom stereocenters. The Kier molecular flexibility index (Phi) is 3.12. The maximum Gasteiger partial charge on any atom is 0.408 e. The molecule has 6 nitrogen and oxygen atoms in total. The molecular formula is C11H14N2O4. The highest BCUT2D eigenvalue weighted by molar-refractivity contribution is 6.05. The van der Waals surface area contributed by atoms with Crippen molar-refractivity contribution in [2.45, 2.75) is 12.8 Å². The lowest BCUT2D eigenvalue weighted by Gasteiger charge is -2.14. The molecule has 0 aromatic heterocycles. The Balaban J connectivity index is 2.02. The van der Waals surface area contributed by atoms with Gasteiger partial charge in [0.15, 0.2) is 6.73 Å². The predicted octanol–water partition coefficient (Wildman–Crippen LogP) is 0.251. The van der Waals surface area contributed by atoms with E-state index in [4.69, 9.17) is 4.74 Å². The number of likely N-dealkylation sites (tertiary alicyclic amines) is 1. The Morgan fingerprint density at radius 2 is 1.88 bits per heavy atom. The Bertz CT molecular complexity index is 365. The van der Waals surface area contributed by atoms with Crippen LogP contribution in [0.5, 0.6) is 0 Å². The number of imide groups is 1. The van der Waals surface area contributed by atoms with Crippen LogP contribution in [0.2, 0.25) is 0 Å². The number of nitrogens with zero attached hydrogens (tertiary/aromatic N) is 1. The van der Waals surface area contributed by atoms with Gasteiger partial charge < -0.3 is 10.1 Å². The van der Waals surface area contributed by atoms with Crippen molar-refractivity contribution in [3.63, 3.8) is 0 Å². The zero-order chi connectivity index (χ0) is 12.4. The van der Waals surface area contributed by atoms with Crippen molar-refractivity contribution in [1.82, 2.24) is 10.2 Å². The monoisotopic (exact) mass is 238 g/mol. The lowest BCUT2D eigenvalue weighted by Crippen LogP contribution is -2.36. The molecule has 1 fully saturated rings. The van der Waals surface area contributed by atoms with Crippen LogP contribution in [-0.4, -0.2) is 36.6 Å². The Hall–Kier alpha value is -1.85. The summed E-state index contributed by atoms with van der Waals surface area (Å²) >= 11 is 0. The fourth-order valence-electron chi connectivity index (χ4n) is 2.19. The zero-order valence-corrected chi connectivity index (χ0v) is 9.51. The number of amides is 3.